The van der Waals surface area contributed by atoms with Crippen molar-refractivity contribution in [1.29, 1.82) is 0 Å². The molecule has 0 unspecified atom stereocenters. The topological polar surface area (TPSA) is 84.0 Å². The lowest BCUT2D eigenvalue weighted by molar-refractivity contribution is -0.119. The van der Waals surface area contributed by atoms with Gasteiger partial charge in [0.05, 0.1) is 6.54 Å². The summed E-state index contributed by atoms with van der Waals surface area (Å²) in [6.45, 7) is 1.59. The Balaban J connectivity index is 1.36. The van der Waals surface area contributed by atoms with Crippen molar-refractivity contribution in [2.75, 3.05) is 26.9 Å². The van der Waals surface area contributed by atoms with Crippen molar-refractivity contribution < 1.29 is 14.3 Å². The fraction of sp³-hybridized carbons (Fsp3) is 0.300. The summed E-state index contributed by atoms with van der Waals surface area (Å²) in [6.07, 6.45) is 0.809. The lowest BCUT2D eigenvalue weighted by Gasteiger charge is -2.12. The molecule has 1 heterocycles. The smallest absolute Gasteiger partial charge is 0.239 e. The van der Waals surface area contributed by atoms with Gasteiger partial charge in [0, 0.05) is 20.1 Å². The molecule has 7 nitrogen and oxygen atoms in total. The zero-order valence-electron chi connectivity index (χ0n) is 15.3. The van der Waals surface area contributed by atoms with E-state index in [-0.39, 0.29) is 19.2 Å². The molecule has 27 heavy (non-hydrogen) atoms. The Morgan fingerprint density at radius 1 is 1.00 bits per heavy atom. The van der Waals surface area contributed by atoms with E-state index in [0.29, 0.717) is 19.0 Å². The highest BCUT2D eigenvalue weighted by Crippen LogP contribution is 2.32. The van der Waals surface area contributed by atoms with Crippen LogP contribution in [0.4, 0.5) is 0 Å². The van der Waals surface area contributed by atoms with Crippen LogP contribution in [0.15, 0.2) is 53.5 Å². The van der Waals surface area contributed by atoms with Crippen LogP contribution in [-0.4, -0.2) is 38.8 Å². The van der Waals surface area contributed by atoms with Gasteiger partial charge in [0.15, 0.2) is 17.5 Å². The van der Waals surface area contributed by atoms with E-state index in [1.807, 2.05) is 48.5 Å². The molecule has 0 atom stereocenters. The first-order chi connectivity index (χ1) is 13.2. The van der Waals surface area contributed by atoms with E-state index in [1.165, 1.54) is 5.56 Å². The van der Waals surface area contributed by atoms with Crippen LogP contribution in [0.5, 0.6) is 11.5 Å². The van der Waals surface area contributed by atoms with Crippen molar-refractivity contribution in [2.24, 2.45) is 4.99 Å². The Labute approximate surface area is 158 Å². The molecule has 0 aromatic heterocycles. The van der Waals surface area contributed by atoms with Gasteiger partial charge in [0.25, 0.3) is 0 Å². The number of benzene rings is 2. The number of aliphatic imine (C=N–C) groups is 1. The van der Waals surface area contributed by atoms with Crippen LogP contribution in [0.1, 0.15) is 11.1 Å². The molecule has 1 aliphatic heterocycles. The van der Waals surface area contributed by atoms with Crippen LogP contribution in [0, 0.1) is 0 Å². The van der Waals surface area contributed by atoms with Crippen molar-refractivity contribution in [3.63, 3.8) is 0 Å². The summed E-state index contributed by atoms with van der Waals surface area (Å²) in [5, 5.41) is 9.09. The fourth-order valence-corrected chi connectivity index (χ4v) is 2.67. The molecular weight excluding hydrogens is 344 g/mol. The molecule has 2 aromatic carbocycles. The first kappa shape index (κ1) is 18.6. The second kappa shape index (κ2) is 9.47. The predicted octanol–water partition coefficient (Wildman–Crippen LogP) is 1.44. The molecule has 7 heteroatoms. The third-order valence-corrected chi connectivity index (χ3v) is 4.12. The lowest BCUT2D eigenvalue weighted by atomic mass is 10.1. The summed E-state index contributed by atoms with van der Waals surface area (Å²) in [7, 11) is 1.67. The van der Waals surface area contributed by atoms with Gasteiger partial charge >= 0.3 is 0 Å². The Kier molecular flexibility index (Phi) is 6.51. The van der Waals surface area contributed by atoms with E-state index in [1.54, 1.807) is 7.05 Å². The van der Waals surface area contributed by atoms with Gasteiger partial charge < -0.3 is 25.4 Å². The number of carbonyl (C=O) groups excluding carboxylic acids is 1. The zero-order chi connectivity index (χ0) is 18.9. The molecule has 2 aromatic rings. The summed E-state index contributed by atoms with van der Waals surface area (Å²) >= 11 is 0. The molecule has 1 amide bonds. The lowest BCUT2D eigenvalue weighted by Crippen LogP contribution is -2.43. The molecule has 3 N–H and O–H groups in total. The quantitative estimate of drug-likeness (QED) is 0.509. The number of nitrogens with one attached hydrogen (secondary N) is 3. The summed E-state index contributed by atoms with van der Waals surface area (Å²) in [5.41, 5.74) is 2.24. The van der Waals surface area contributed by atoms with E-state index in [0.717, 1.165) is 23.5 Å². The number of hydrogen-bond acceptors (Lipinski definition) is 4. The molecule has 0 bridgehead atoms. The number of ether oxygens (including phenoxy) is 2. The van der Waals surface area contributed by atoms with Crippen LogP contribution < -0.4 is 25.4 Å². The number of fused-ring (bicyclic) bond motifs is 1. The Hall–Kier alpha value is -3.22. The molecule has 3 rings (SSSR count). The maximum atomic E-state index is 12.0. The van der Waals surface area contributed by atoms with E-state index in [4.69, 9.17) is 9.47 Å². The van der Waals surface area contributed by atoms with Crippen LogP contribution in [0.2, 0.25) is 0 Å². The molecule has 142 valence electrons. The van der Waals surface area contributed by atoms with E-state index < -0.39 is 0 Å². The molecule has 0 fully saturated rings. The minimum atomic E-state index is -0.0723. The highest BCUT2D eigenvalue weighted by molar-refractivity contribution is 5.86. The Morgan fingerprint density at radius 2 is 1.81 bits per heavy atom. The van der Waals surface area contributed by atoms with Crippen molar-refractivity contribution in [1.82, 2.24) is 16.0 Å². The van der Waals surface area contributed by atoms with Gasteiger partial charge in [-0.2, -0.15) is 0 Å². The second-order valence-corrected chi connectivity index (χ2v) is 6.05. The molecule has 1 aliphatic rings. The third-order valence-electron chi connectivity index (χ3n) is 4.12. The molecule has 0 spiro atoms. The van der Waals surface area contributed by atoms with E-state index in [9.17, 15) is 4.79 Å². The van der Waals surface area contributed by atoms with Gasteiger partial charge in [-0.15, -0.1) is 0 Å². The van der Waals surface area contributed by atoms with Crippen molar-refractivity contribution in [3.8, 4) is 11.5 Å². The third kappa shape index (κ3) is 5.64. The number of carbonyl (C=O) groups is 1. The minimum Gasteiger partial charge on any atom is -0.454 e. The van der Waals surface area contributed by atoms with Gasteiger partial charge in [0.2, 0.25) is 12.7 Å². The van der Waals surface area contributed by atoms with Crippen LogP contribution in [-0.2, 0) is 17.8 Å². The molecule has 0 saturated heterocycles. The van der Waals surface area contributed by atoms with Crippen molar-refractivity contribution in [2.45, 2.75) is 13.0 Å². The average molecular weight is 368 g/mol. The number of hydrogen-bond donors (Lipinski definition) is 3. The fourth-order valence-electron chi connectivity index (χ4n) is 2.67. The average Bonchev–Trinajstić information content (AvgIpc) is 3.17. The van der Waals surface area contributed by atoms with Crippen LogP contribution in [0.25, 0.3) is 0 Å². The molecule has 0 aliphatic carbocycles. The highest BCUT2D eigenvalue weighted by atomic mass is 16.7. The van der Waals surface area contributed by atoms with Crippen molar-refractivity contribution >= 4 is 11.9 Å². The predicted molar refractivity (Wildman–Crippen MR) is 104 cm³/mol. The number of nitrogens with zero attached hydrogens (tertiary/aromatic N) is 1. The first-order valence-electron chi connectivity index (χ1n) is 8.88. The standard InChI is InChI=1S/C20H24N4O3/c1-21-20(23-12-16-7-8-17-18(11-16)27-14-26-17)24-13-19(25)22-10-9-15-5-3-2-4-6-15/h2-8,11H,9-10,12-14H2,1H3,(H,22,25)(H2,21,23,24). The molecule has 0 radical (unpaired) electrons. The SMILES string of the molecule is CN=C(NCC(=O)NCCc1ccccc1)NCc1ccc2c(c1)OCO2. The summed E-state index contributed by atoms with van der Waals surface area (Å²) in [6, 6.07) is 15.8. The maximum absolute atomic E-state index is 12.0. The number of amides is 1. The zero-order valence-corrected chi connectivity index (χ0v) is 15.3. The van der Waals surface area contributed by atoms with Gasteiger partial charge in [-0.1, -0.05) is 36.4 Å². The molecule has 0 saturated carbocycles. The van der Waals surface area contributed by atoms with Gasteiger partial charge in [-0.3, -0.25) is 9.79 Å². The van der Waals surface area contributed by atoms with Gasteiger partial charge in [-0.25, -0.2) is 0 Å². The minimum absolute atomic E-state index is 0.0723. The number of rotatable bonds is 7. The largest absolute Gasteiger partial charge is 0.454 e. The Bertz CT molecular complexity index is 793. The Morgan fingerprint density at radius 3 is 2.63 bits per heavy atom. The van der Waals surface area contributed by atoms with Gasteiger partial charge in [0.1, 0.15) is 0 Å². The second-order valence-electron chi connectivity index (χ2n) is 6.05. The highest BCUT2D eigenvalue weighted by Gasteiger charge is 2.13. The first-order valence-corrected chi connectivity index (χ1v) is 8.88. The maximum Gasteiger partial charge on any atom is 0.239 e. The summed E-state index contributed by atoms with van der Waals surface area (Å²) in [5.74, 6) is 1.99. The van der Waals surface area contributed by atoms with Crippen LogP contribution >= 0.6 is 0 Å². The normalized spacial score (nSPS) is 12.6. The van der Waals surface area contributed by atoms with Crippen LogP contribution in [0.3, 0.4) is 0 Å². The van der Waals surface area contributed by atoms with Crippen molar-refractivity contribution in [3.05, 3.63) is 59.7 Å². The summed E-state index contributed by atoms with van der Waals surface area (Å²) in [4.78, 5) is 16.1. The number of guanidine groups is 1. The van der Waals surface area contributed by atoms with Gasteiger partial charge in [-0.05, 0) is 29.7 Å². The van der Waals surface area contributed by atoms with E-state index in [2.05, 4.69) is 20.9 Å². The molecular formula is C20H24N4O3. The van der Waals surface area contributed by atoms with E-state index >= 15 is 0 Å². The summed E-state index contributed by atoms with van der Waals surface area (Å²) < 4.78 is 10.7. The monoisotopic (exact) mass is 368 g/mol.